The van der Waals surface area contributed by atoms with E-state index < -0.39 is 11.8 Å². The van der Waals surface area contributed by atoms with Gasteiger partial charge in [-0.1, -0.05) is 42.5 Å². The van der Waals surface area contributed by atoms with Crippen molar-refractivity contribution >= 4 is 23.3 Å². The third-order valence-corrected chi connectivity index (χ3v) is 2.74. The molecule has 0 heterocycles. The molecule has 0 unspecified atom stereocenters. The lowest BCUT2D eigenvalue weighted by atomic mass is 10.1. The first-order valence-corrected chi connectivity index (χ1v) is 6.18. The first kappa shape index (κ1) is 16.0. The van der Waals surface area contributed by atoms with Gasteiger partial charge in [0, 0.05) is 5.69 Å². The molecule has 0 radical (unpaired) electrons. The minimum Gasteiger partial charge on any atom is -0.481 e. The van der Waals surface area contributed by atoms with Crippen LogP contribution < -0.4 is 5.32 Å². The second-order valence-corrected chi connectivity index (χ2v) is 4.64. The maximum Gasteiger partial charge on any atom is 0.307 e. The SMILES string of the molecule is C=C/C(F)=C(/Nc1ccc(C)cc1CC(=O)O)C(=C)Cl. The van der Waals surface area contributed by atoms with E-state index in [-0.39, 0.29) is 17.2 Å². The van der Waals surface area contributed by atoms with Crippen molar-refractivity contribution in [3.8, 4) is 0 Å². The van der Waals surface area contributed by atoms with Gasteiger partial charge >= 0.3 is 5.97 Å². The zero-order valence-corrected chi connectivity index (χ0v) is 11.8. The molecule has 0 aromatic heterocycles. The van der Waals surface area contributed by atoms with Crippen molar-refractivity contribution in [2.24, 2.45) is 0 Å². The predicted octanol–water partition coefficient (Wildman–Crippen LogP) is 4.15. The van der Waals surface area contributed by atoms with E-state index in [4.69, 9.17) is 16.7 Å². The topological polar surface area (TPSA) is 49.3 Å². The summed E-state index contributed by atoms with van der Waals surface area (Å²) in [6.07, 6.45) is 0.822. The highest BCUT2D eigenvalue weighted by molar-refractivity contribution is 6.32. The molecule has 0 aliphatic heterocycles. The number of carboxylic acids is 1. The third kappa shape index (κ3) is 4.24. The molecule has 1 aromatic rings. The first-order valence-electron chi connectivity index (χ1n) is 5.80. The summed E-state index contributed by atoms with van der Waals surface area (Å²) < 4.78 is 13.6. The van der Waals surface area contributed by atoms with Gasteiger partial charge in [-0.15, -0.1) is 0 Å². The van der Waals surface area contributed by atoms with Gasteiger partial charge in [-0.25, -0.2) is 4.39 Å². The fourth-order valence-corrected chi connectivity index (χ4v) is 1.78. The minimum atomic E-state index is -0.974. The van der Waals surface area contributed by atoms with Crippen LogP contribution in [0.2, 0.25) is 0 Å². The van der Waals surface area contributed by atoms with Crippen molar-refractivity contribution in [3.63, 3.8) is 0 Å². The van der Waals surface area contributed by atoms with Crippen LogP contribution >= 0.6 is 11.6 Å². The van der Waals surface area contributed by atoms with Crippen LogP contribution in [-0.4, -0.2) is 11.1 Å². The summed E-state index contributed by atoms with van der Waals surface area (Å²) in [6, 6.07) is 5.18. The zero-order chi connectivity index (χ0) is 15.3. The van der Waals surface area contributed by atoms with E-state index in [9.17, 15) is 9.18 Å². The van der Waals surface area contributed by atoms with Gasteiger partial charge in [0.05, 0.1) is 17.2 Å². The molecule has 2 N–H and O–H groups in total. The molecule has 3 nitrogen and oxygen atoms in total. The molecule has 0 aliphatic rings. The van der Waals surface area contributed by atoms with Gasteiger partial charge in [0.25, 0.3) is 0 Å². The molecule has 106 valence electrons. The zero-order valence-electron chi connectivity index (χ0n) is 11.0. The number of aliphatic carboxylic acids is 1. The normalized spacial score (nSPS) is 11.6. The highest BCUT2D eigenvalue weighted by atomic mass is 35.5. The summed E-state index contributed by atoms with van der Waals surface area (Å²) in [5.74, 6) is -1.63. The third-order valence-electron chi connectivity index (χ3n) is 2.55. The number of aryl methyl sites for hydroxylation is 1. The van der Waals surface area contributed by atoms with E-state index in [2.05, 4.69) is 18.5 Å². The van der Waals surface area contributed by atoms with Gasteiger partial charge in [0.1, 0.15) is 5.83 Å². The van der Waals surface area contributed by atoms with Crippen molar-refractivity contribution in [3.05, 3.63) is 65.1 Å². The van der Waals surface area contributed by atoms with Crippen LogP contribution in [0.1, 0.15) is 11.1 Å². The molecular weight excluding hydrogens is 281 g/mol. The molecule has 5 heteroatoms. The molecule has 0 saturated carbocycles. The fraction of sp³-hybridized carbons (Fsp3) is 0.133. The Balaban J connectivity index is 3.22. The monoisotopic (exact) mass is 295 g/mol. The van der Waals surface area contributed by atoms with Gasteiger partial charge in [-0.2, -0.15) is 0 Å². The fourth-order valence-electron chi connectivity index (χ4n) is 1.65. The van der Waals surface area contributed by atoms with Crippen molar-refractivity contribution < 1.29 is 14.3 Å². The van der Waals surface area contributed by atoms with Gasteiger partial charge in [0.15, 0.2) is 0 Å². The average Bonchev–Trinajstić information content (AvgIpc) is 2.36. The highest BCUT2D eigenvalue weighted by Gasteiger charge is 2.12. The van der Waals surface area contributed by atoms with Gasteiger partial charge in [-0.05, 0) is 24.6 Å². The summed E-state index contributed by atoms with van der Waals surface area (Å²) in [6.45, 7) is 8.64. The summed E-state index contributed by atoms with van der Waals surface area (Å²) >= 11 is 5.74. The second-order valence-electron chi connectivity index (χ2n) is 4.19. The first-order chi connectivity index (χ1) is 9.35. The lowest BCUT2D eigenvalue weighted by Crippen LogP contribution is -2.08. The Kier molecular flexibility index (Phi) is 5.53. The summed E-state index contributed by atoms with van der Waals surface area (Å²) in [5.41, 5.74) is 1.87. The van der Waals surface area contributed by atoms with Crippen LogP contribution in [0.4, 0.5) is 10.1 Å². The number of nitrogens with one attached hydrogen (secondary N) is 1. The number of hydrogen-bond donors (Lipinski definition) is 2. The Morgan fingerprint density at radius 2 is 2.20 bits per heavy atom. The average molecular weight is 296 g/mol. The number of anilines is 1. The Morgan fingerprint density at radius 1 is 1.55 bits per heavy atom. The van der Waals surface area contributed by atoms with Crippen LogP contribution in [0.5, 0.6) is 0 Å². The molecule has 1 rings (SSSR count). The van der Waals surface area contributed by atoms with Gasteiger partial charge < -0.3 is 10.4 Å². The largest absolute Gasteiger partial charge is 0.481 e. The molecule has 0 saturated heterocycles. The molecule has 20 heavy (non-hydrogen) atoms. The van der Waals surface area contributed by atoms with E-state index in [1.54, 1.807) is 18.2 Å². The Bertz CT molecular complexity index is 594. The van der Waals surface area contributed by atoms with Crippen LogP contribution in [0.3, 0.4) is 0 Å². The standard InChI is InChI=1S/C15H15ClFNO2/c1-4-12(17)15(10(3)16)18-13-6-5-9(2)7-11(13)8-14(19)20/h4-7,18H,1,3,8H2,2H3,(H,19,20)/b15-12-. The lowest BCUT2D eigenvalue weighted by Gasteiger charge is -2.14. The van der Waals surface area contributed by atoms with E-state index in [1.165, 1.54) is 0 Å². The molecule has 0 bridgehead atoms. The Hall–Kier alpha value is -2.07. The molecular formula is C15H15ClFNO2. The number of hydrogen-bond acceptors (Lipinski definition) is 2. The molecule has 1 aromatic carbocycles. The van der Waals surface area contributed by atoms with Crippen molar-refractivity contribution in [2.75, 3.05) is 5.32 Å². The Labute approximate surface area is 122 Å². The second kappa shape index (κ2) is 6.91. The lowest BCUT2D eigenvalue weighted by molar-refractivity contribution is -0.136. The molecule has 0 aliphatic carbocycles. The van der Waals surface area contributed by atoms with E-state index >= 15 is 0 Å². The van der Waals surface area contributed by atoms with Crippen molar-refractivity contribution in [1.82, 2.24) is 0 Å². The predicted molar refractivity (Wildman–Crippen MR) is 79.5 cm³/mol. The van der Waals surface area contributed by atoms with Gasteiger partial charge in [-0.3, -0.25) is 4.79 Å². The number of benzene rings is 1. The summed E-state index contributed by atoms with van der Waals surface area (Å²) in [4.78, 5) is 10.9. The number of allylic oxidation sites excluding steroid dienone is 3. The quantitative estimate of drug-likeness (QED) is 0.775. The minimum absolute atomic E-state index is 0.0238. The summed E-state index contributed by atoms with van der Waals surface area (Å²) in [7, 11) is 0. The van der Waals surface area contributed by atoms with E-state index in [0.29, 0.717) is 11.3 Å². The van der Waals surface area contributed by atoms with Crippen LogP contribution in [-0.2, 0) is 11.2 Å². The van der Waals surface area contributed by atoms with Gasteiger partial charge in [0.2, 0.25) is 0 Å². The molecule has 0 fully saturated rings. The smallest absolute Gasteiger partial charge is 0.307 e. The highest BCUT2D eigenvalue weighted by Crippen LogP contribution is 2.25. The number of rotatable bonds is 6. The summed E-state index contributed by atoms with van der Waals surface area (Å²) in [5, 5.41) is 11.7. The molecule has 0 spiro atoms. The van der Waals surface area contributed by atoms with E-state index in [1.807, 2.05) is 6.92 Å². The maximum atomic E-state index is 13.6. The van der Waals surface area contributed by atoms with Crippen molar-refractivity contribution in [1.29, 1.82) is 0 Å². The van der Waals surface area contributed by atoms with Crippen molar-refractivity contribution in [2.45, 2.75) is 13.3 Å². The molecule has 0 amide bonds. The Morgan fingerprint density at radius 3 is 2.70 bits per heavy atom. The number of carbonyl (C=O) groups is 1. The maximum absolute atomic E-state index is 13.6. The van der Waals surface area contributed by atoms with E-state index in [0.717, 1.165) is 11.6 Å². The van der Waals surface area contributed by atoms with Crippen LogP contribution in [0, 0.1) is 6.92 Å². The number of carboxylic acid groups (broad SMARTS) is 1. The molecule has 0 atom stereocenters. The van der Waals surface area contributed by atoms with Crippen LogP contribution in [0.25, 0.3) is 0 Å². The number of halogens is 2. The van der Waals surface area contributed by atoms with Crippen LogP contribution in [0.15, 0.2) is 54.0 Å².